The molecule has 0 fully saturated rings. The lowest BCUT2D eigenvalue weighted by atomic mass is 10.1. The van der Waals surface area contributed by atoms with Crippen LogP contribution in [-0.2, 0) is 6.61 Å². The smallest absolute Gasteiger partial charge is 0.266 e. The minimum atomic E-state index is -0.144. The number of thiophene rings is 1. The lowest BCUT2D eigenvalue weighted by molar-refractivity contribution is 0.103. The van der Waals surface area contributed by atoms with Crippen molar-refractivity contribution in [2.24, 2.45) is 0 Å². The third kappa shape index (κ3) is 2.93. The van der Waals surface area contributed by atoms with E-state index < -0.39 is 0 Å². The number of nitrogens with one attached hydrogen (secondary N) is 1. The highest BCUT2D eigenvalue weighted by atomic mass is 32.1. The molecule has 5 heteroatoms. The molecular weight excluding hydrogens is 310 g/mol. The number of methoxy groups -OCH3 is 1. The van der Waals surface area contributed by atoms with Crippen molar-refractivity contribution in [2.45, 2.75) is 13.5 Å². The number of fused-ring (bicyclic) bond motifs is 1. The Morgan fingerprint density at radius 1 is 1.26 bits per heavy atom. The highest BCUT2D eigenvalue weighted by Crippen LogP contribution is 2.31. The molecule has 0 radical (unpaired) electrons. The van der Waals surface area contributed by atoms with Gasteiger partial charge in [-0.3, -0.25) is 4.79 Å². The Hall–Kier alpha value is -2.37. The molecular formula is C18H17NO3S. The van der Waals surface area contributed by atoms with E-state index in [0.29, 0.717) is 21.9 Å². The third-order valence-electron chi connectivity index (χ3n) is 3.76. The quantitative estimate of drug-likeness (QED) is 0.762. The van der Waals surface area contributed by atoms with Crippen molar-refractivity contribution in [3.8, 4) is 5.75 Å². The molecule has 0 atom stereocenters. The summed E-state index contributed by atoms with van der Waals surface area (Å²) in [6.07, 6.45) is 0. The standard InChI is InChI=1S/C18H17NO3S/c1-11-14-5-3-4-6-16(14)23-17(11)18(21)19-13-7-8-15(22-2)12(9-13)10-20/h3-9,20H,10H2,1-2H3,(H,19,21). The van der Waals surface area contributed by atoms with Crippen LogP contribution in [0.3, 0.4) is 0 Å². The van der Waals surface area contributed by atoms with Crippen LogP contribution in [0.15, 0.2) is 42.5 Å². The van der Waals surface area contributed by atoms with Gasteiger partial charge in [0.05, 0.1) is 18.6 Å². The molecule has 2 N–H and O–H groups in total. The van der Waals surface area contributed by atoms with Crippen LogP contribution in [0, 0.1) is 6.92 Å². The summed E-state index contributed by atoms with van der Waals surface area (Å²) in [7, 11) is 1.55. The Bertz CT molecular complexity index is 870. The third-order valence-corrected chi connectivity index (χ3v) is 5.03. The van der Waals surface area contributed by atoms with Gasteiger partial charge in [0.15, 0.2) is 0 Å². The molecule has 0 aliphatic heterocycles. The minimum Gasteiger partial charge on any atom is -0.496 e. The molecule has 23 heavy (non-hydrogen) atoms. The number of aryl methyl sites for hydroxylation is 1. The minimum absolute atomic E-state index is 0.141. The zero-order chi connectivity index (χ0) is 16.4. The molecule has 0 aliphatic rings. The molecule has 3 rings (SSSR count). The number of aliphatic hydroxyl groups is 1. The predicted molar refractivity (Wildman–Crippen MR) is 93.4 cm³/mol. The lowest BCUT2D eigenvalue weighted by Gasteiger charge is -2.10. The van der Waals surface area contributed by atoms with Crippen LogP contribution in [0.4, 0.5) is 5.69 Å². The van der Waals surface area contributed by atoms with Crippen LogP contribution >= 0.6 is 11.3 Å². The molecule has 0 bridgehead atoms. The van der Waals surface area contributed by atoms with Gasteiger partial charge in [-0.25, -0.2) is 0 Å². The Balaban J connectivity index is 1.90. The van der Waals surface area contributed by atoms with E-state index in [0.717, 1.165) is 15.6 Å². The number of benzene rings is 2. The van der Waals surface area contributed by atoms with Gasteiger partial charge in [0.2, 0.25) is 0 Å². The number of carbonyl (C=O) groups is 1. The summed E-state index contributed by atoms with van der Waals surface area (Å²) in [6, 6.07) is 13.2. The summed E-state index contributed by atoms with van der Waals surface area (Å²) < 4.78 is 6.27. The summed E-state index contributed by atoms with van der Waals surface area (Å²) in [5, 5.41) is 13.4. The number of amides is 1. The van der Waals surface area contributed by atoms with Gasteiger partial charge in [-0.05, 0) is 42.1 Å². The SMILES string of the molecule is COc1ccc(NC(=O)c2sc3ccccc3c2C)cc1CO. The number of anilines is 1. The normalized spacial score (nSPS) is 10.7. The first-order valence-electron chi connectivity index (χ1n) is 7.21. The fourth-order valence-corrected chi connectivity index (χ4v) is 3.66. The van der Waals surface area contributed by atoms with Crippen LogP contribution in [0.2, 0.25) is 0 Å². The van der Waals surface area contributed by atoms with E-state index in [9.17, 15) is 9.90 Å². The van der Waals surface area contributed by atoms with Crippen molar-refractivity contribution in [1.29, 1.82) is 0 Å². The maximum Gasteiger partial charge on any atom is 0.266 e. The summed E-state index contributed by atoms with van der Waals surface area (Å²) in [5.41, 5.74) is 2.26. The van der Waals surface area contributed by atoms with E-state index in [2.05, 4.69) is 5.32 Å². The van der Waals surface area contributed by atoms with Crippen LogP contribution < -0.4 is 10.1 Å². The van der Waals surface area contributed by atoms with Gasteiger partial charge < -0.3 is 15.2 Å². The van der Waals surface area contributed by atoms with Crippen molar-refractivity contribution in [3.63, 3.8) is 0 Å². The van der Waals surface area contributed by atoms with E-state index >= 15 is 0 Å². The maximum absolute atomic E-state index is 12.6. The van der Waals surface area contributed by atoms with Crippen molar-refractivity contribution >= 4 is 33.0 Å². The van der Waals surface area contributed by atoms with Gasteiger partial charge in [0.25, 0.3) is 5.91 Å². The van der Waals surface area contributed by atoms with Gasteiger partial charge in [-0.15, -0.1) is 11.3 Å². The van der Waals surface area contributed by atoms with Crippen molar-refractivity contribution in [1.82, 2.24) is 0 Å². The molecule has 1 amide bonds. The second-order valence-electron chi connectivity index (χ2n) is 5.19. The molecule has 4 nitrogen and oxygen atoms in total. The van der Waals surface area contributed by atoms with Gasteiger partial charge in [-0.1, -0.05) is 18.2 Å². The summed E-state index contributed by atoms with van der Waals surface area (Å²) in [4.78, 5) is 13.3. The first-order valence-corrected chi connectivity index (χ1v) is 8.03. The predicted octanol–water partition coefficient (Wildman–Crippen LogP) is 3.96. The first kappa shape index (κ1) is 15.5. The monoisotopic (exact) mass is 327 g/mol. The number of rotatable bonds is 4. The van der Waals surface area contributed by atoms with Crippen LogP contribution in [0.1, 0.15) is 20.8 Å². The van der Waals surface area contributed by atoms with E-state index in [1.54, 1.807) is 25.3 Å². The fraction of sp³-hybridized carbons (Fsp3) is 0.167. The van der Waals surface area contributed by atoms with Gasteiger partial charge >= 0.3 is 0 Å². The number of hydrogen-bond donors (Lipinski definition) is 2. The van der Waals surface area contributed by atoms with Gasteiger partial charge in [0, 0.05) is 16.0 Å². The Morgan fingerprint density at radius 2 is 2.04 bits per heavy atom. The van der Waals surface area contributed by atoms with E-state index in [1.165, 1.54) is 11.3 Å². The molecule has 3 aromatic rings. The average molecular weight is 327 g/mol. The molecule has 0 unspecified atom stereocenters. The molecule has 0 aliphatic carbocycles. The zero-order valence-electron chi connectivity index (χ0n) is 12.9. The van der Waals surface area contributed by atoms with Crippen LogP contribution in [-0.4, -0.2) is 18.1 Å². The van der Waals surface area contributed by atoms with E-state index in [4.69, 9.17) is 4.74 Å². The van der Waals surface area contributed by atoms with Gasteiger partial charge in [0.1, 0.15) is 5.75 Å². The molecule has 2 aromatic carbocycles. The maximum atomic E-state index is 12.6. The summed E-state index contributed by atoms with van der Waals surface area (Å²) in [6.45, 7) is 1.82. The largest absolute Gasteiger partial charge is 0.496 e. The zero-order valence-corrected chi connectivity index (χ0v) is 13.7. The summed E-state index contributed by atoms with van der Waals surface area (Å²) >= 11 is 1.48. The highest BCUT2D eigenvalue weighted by molar-refractivity contribution is 7.21. The van der Waals surface area contributed by atoms with E-state index in [1.807, 2.05) is 31.2 Å². The van der Waals surface area contributed by atoms with Crippen molar-refractivity contribution in [2.75, 3.05) is 12.4 Å². The molecule has 118 valence electrons. The fourth-order valence-electron chi connectivity index (χ4n) is 2.56. The van der Waals surface area contributed by atoms with E-state index in [-0.39, 0.29) is 12.5 Å². The van der Waals surface area contributed by atoms with Crippen molar-refractivity contribution < 1.29 is 14.6 Å². The average Bonchev–Trinajstić information content (AvgIpc) is 2.92. The van der Waals surface area contributed by atoms with Crippen LogP contribution in [0.5, 0.6) is 5.75 Å². The van der Waals surface area contributed by atoms with Crippen LogP contribution in [0.25, 0.3) is 10.1 Å². The molecule has 0 saturated heterocycles. The second-order valence-corrected chi connectivity index (χ2v) is 6.24. The Kier molecular flexibility index (Phi) is 4.32. The molecule has 1 aromatic heterocycles. The number of carbonyl (C=O) groups excluding carboxylic acids is 1. The number of ether oxygens (including phenoxy) is 1. The molecule has 0 saturated carbocycles. The highest BCUT2D eigenvalue weighted by Gasteiger charge is 2.16. The Morgan fingerprint density at radius 3 is 2.74 bits per heavy atom. The van der Waals surface area contributed by atoms with Crippen molar-refractivity contribution in [3.05, 3.63) is 58.5 Å². The first-order chi connectivity index (χ1) is 11.1. The van der Waals surface area contributed by atoms with Gasteiger partial charge in [-0.2, -0.15) is 0 Å². The molecule has 0 spiro atoms. The lowest BCUT2D eigenvalue weighted by Crippen LogP contribution is -2.11. The molecule has 1 heterocycles. The Labute approximate surface area is 138 Å². The second kappa shape index (κ2) is 6.40. The topological polar surface area (TPSA) is 58.6 Å². The number of hydrogen-bond acceptors (Lipinski definition) is 4. The summed E-state index contributed by atoms with van der Waals surface area (Å²) in [5.74, 6) is 0.460. The number of aliphatic hydroxyl groups excluding tert-OH is 1.